The van der Waals surface area contributed by atoms with E-state index < -0.39 is 0 Å². The molecule has 1 fully saturated rings. The van der Waals surface area contributed by atoms with Crippen LogP contribution >= 0.6 is 0 Å². The van der Waals surface area contributed by atoms with Gasteiger partial charge in [0.05, 0.1) is 13.1 Å². The van der Waals surface area contributed by atoms with Gasteiger partial charge in [-0.2, -0.15) is 0 Å². The van der Waals surface area contributed by atoms with Gasteiger partial charge in [-0.25, -0.2) is 0 Å². The van der Waals surface area contributed by atoms with Crippen LogP contribution in [0.4, 0.5) is 0 Å². The number of carbonyl (C=O) groups excluding carboxylic acids is 1. The van der Waals surface area contributed by atoms with E-state index in [1.807, 2.05) is 26.4 Å². The quantitative estimate of drug-likeness (QED) is 0.451. The van der Waals surface area contributed by atoms with E-state index in [1.165, 1.54) is 25.0 Å². The molecule has 0 aliphatic heterocycles. The Morgan fingerprint density at radius 3 is 2.72 bits per heavy atom. The van der Waals surface area contributed by atoms with Crippen molar-refractivity contribution in [3.63, 3.8) is 0 Å². The smallest absolute Gasteiger partial charge is 0.223 e. The highest BCUT2D eigenvalue weighted by Gasteiger charge is 2.20. The number of aryl methyl sites for hydroxylation is 1. The third-order valence-electron chi connectivity index (χ3n) is 4.80. The van der Waals surface area contributed by atoms with Crippen molar-refractivity contribution in [2.45, 2.75) is 45.6 Å². The fourth-order valence-corrected chi connectivity index (χ4v) is 3.30. The van der Waals surface area contributed by atoms with Crippen molar-refractivity contribution in [2.24, 2.45) is 18.0 Å². The monoisotopic (exact) mass is 347 g/mol. The number of nitrogens with zero attached hydrogens (tertiary/aromatic N) is 3. The maximum atomic E-state index is 12.2. The predicted molar refractivity (Wildman–Crippen MR) is 102 cm³/mol. The van der Waals surface area contributed by atoms with E-state index in [1.54, 1.807) is 0 Å². The average Bonchev–Trinajstić information content (AvgIpc) is 3.03. The summed E-state index contributed by atoms with van der Waals surface area (Å²) in [7, 11) is 4.09. The molecule has 25 heavy (non-hydrogen) atoms. The third-order valence-corrected chi connectivity index (χ3v) is 4.80. The lowest BCUT2D eigenvalue weighted by Crippen LogP contribution is -2.39. The summed E-state index contributed by atoms with van der Waals surface area (Å²) in [5, 5.41) is 6.37. The Kier molecular flexibility index (Phi) is 7.82. The maximum Gasteiger partial charge on any atom is 0.223 e. The molecule has 140 valence electrons. The minimum Gasteiger partial charge on any atom is -0.357 e. The minimum atomic E-state index is 0.206. The largest absolute Gasteiger partial charge is 0.357 e. The summed E-state index contributed by atoms with van der Waals surface area (Å²) in [6.45, 7) is 4.88. The molecule has 1 amide bonds. The zero-order chi connectivity index (χ0) is 18.1. The zero-order valence-electron chi connectivity index (χ0n) is 15.9. The van der Waals surface area contributed by atoms with Crippen LogP contribution in [-0.2, 0) is 18.4 Å². The Labute approximate surface area is 151 Å². The van der Waals surface area contributed by atoms with Crippen molar-refractivity contribution < 1.29 is 4.79 Å². The maximum absolute atomic E-state index is 12.2. The molecule has 2 rings (SSSR count). The third kappa shape index (κ3) is 6.11. The summed E-state index contributed by atoms with van der Waals surface area (Å²) < 4.78 is 2.12. The molecule has 1 aromatic heterocycles. The highest BCUT2D eigenvalue weighted by Crippen LogP contribution is 2.23. The molecule has 0 saturated heterocycles. The van der Waals surface area contributed by atoms with Gasteiger partial charge < -0.3 is 20.1 Å². The van der Waals surface area contributed by atoms with Crippen LogP contribution in [0.15, 0.2) is 23.3 Å². The van der Waals surface area contributed by atoms with E-state index >= 15 is 0 Å². The summed E-state index contributed by atoms with van der Waals surface area (Å²) in [5.41, 5.74) is 1.23. The van der Waals surface area contributed by atoms with Crippen molar-refractivity contribution in [2.75, 3.05) is 26.7 Å². The Balaban J connectivity index is 1.80. The molecule has 1 aliphatic rings. The van der Waals surface area contributed by atoms with Crippen molar-refractivity contribution >= 4 is 11.9 Å². The second kappa shape index (κ2) is 10.1. The molecule has 0 spiro atoms. The van der Waals surface area contributed by atoms with E-state index in [4.69, 9.17) is 0 Å². The Bertz CT molecular complexity index is 560. The van der Waals surface area contributed by atoms with Crippen molar-refractivity contribution in [1.82, 2.24) is 20.1 Å². The van der Waals surface area contributed by atoms with Gasteiger partial charge in [-0.3, -0.25) is 9.79 Å². The highest BCUT2D eigenvalue weighted by atomic mass is 16.1. The molecule has 0 atom stereocenters. The molecule has 2 N–H and O–H groups in total. The molecule has 0 radical (unpaired) electrons. The lowest BCUT2D eigenvalue weighted by molar-refractivity contribution is -0.125. The van der Waals surface area contributed by atoms with Gasteiger partial charge in [0.2, 0.25) is 5.91 Å². The molecular formula is C19H33N5O. The van der Waals surface area contributed by atoms with Gasteiger partial charge in [-0.05, 0) is 31.9 Å². The van der Waals surface area contributed by atoms with E-state index in [9.17, 15) is 4.79 Å². The number of guanidine groups is 1. The van der Waals surface area contributed by atoms with Crippen molar-refractivity contribution in [3.05, 3.63) is 24.0 Å². The molecule has 1 aliphatic carbocycles. The second-order valence-corrected chi connectivity index (χ2v) is 6.83. The fourth-order valence-electron chi connectivity index (χ4n) is 3.30. The van der Waals surface area contributed by atoms with Crippen LogP contribution in [0.2, 0.25) is 0 Å². The topological polar surface area (TPSA) is 61.7 Å². The first-order valence-electron chi connectivity index (χ1n) is 9.49. The van der Waals surface area contributed by atoms with Crippen LogP contribution < -0.4 is 10.6 Å². The Hall–Kier alpha value is -1.98. The van der Waals surface area contributed by atoms with Crippen molar-refractivity contribution in [1.29, 1.82) is 0 Å². The van der Waals surface area contributed by atoms with E-state index in [2.05, 4.69) is 38.1 Å². The van der Waals surface area contributed by atoms with E-state index in [0.717, 1.165) is 31.9 Å². The van der Waals surface area contributed by atoms with Gasteiger partial charge in [0.25, 0.3) is 0 Å². The summed E-state index contributed by atoms with van der Waals surface area (Å²) in [5.74, 6) is 1.29. The van der Waals surface area contributed by atoms with Crippen LogP contribution in [0, 0.1) is 5.92 Å². The number of amides is 1. The van der Waals surface area contributed by atoms with E-state index in [0.29, 0.717) is 13.1 Å². The van der Waals surface area contributed by atoms with Crippen molar-refractivity contribution in [3.8, 4) is 0 Å². The fraction of sp³-hybridized carbons (Fsp3) is 0.684. The van der Waals surface area contributed by atoms with Gasteiger partial charge >= 0.3 is 0 Å². The molecular weight excluding hydrogens is 314 g/mol. The summed E-state index contributed by atoms with van der Waals surface area (Å²) in [4.78, 5) is 18.9. The van der Waals surface area contributed by atoms with Crippen LogP contribution in [0.1, 0.15) is 44.7 Å². The minimum absolute atomic E-state index is 0.206. The molecule has 1 saturated carbocycles. The van der Waals surface area contributed by atoms with Gasteiger partial charge in [0.15, 0.2) is 5.96 Å². The predicted octanol–water partition coefficient (Wildman–Crippen LogP) is 2.12. The molecule has 0 unspecified atom stereocenters. The lowest BCUT2D eigenvalue weighted by atomic mass is 9.89. The van der Waals surface area contributed by atoms with Gasteiger partial charge in [-0.1, -0.05) is 19.3 Å². The molecule has 0 bridgehead atoms. The molecule has 6 nitrogen and oxygen atoms in total. The number of carbonyl (C=O) groups is 1. The first-order valence-corrected chi connectivity index (χ1v) is 9.49. The molecule has 6 heteroatoms. The Morgan fingerprint density at radius 2 is 2.08 bits per heavy atom. The van der Waals surface area contributed by atoms with Crippen LogP contribution in [0.25, 0.3) is 0 Å². The highest BCUT2D eigenvalue weighted by molar-refractivity contribution is 5.80. The standard InChI is InChI=1S/C19H33N5O/c1-4-20-19(24(3)15-17-11-8-14-23(17)2)22-13-12-21-18(25)16-9-6-5-7-10-16/h8,11,14,16H,4-7,9-10,12-13,15H2,1-3H3,(H,20,22)(H,21,25). The number of hydrogen-bond donors (Lipinski definition) is 2. The number of aliphatic imine (C=N–C) groups is 1. The van der Waals surface area contributed by atoms with Gasteiger partial charge in [-0.15, -0.1) is 0 Å². The second-order valence-electron chi connectivity index (χ2n) is 6.83. The molecule has 1 aromatic rings. The number of hydrogen-bond acceptors (Lipinski definition) is 2. The number of rotatable bonds is 7. The average molecular weight is 348 g/mol. The normalized spacial score (nSPS) is 15.9. The van der Waals surface area contributed by atoms with E-state index in [-0.39, 0.29) is 11.8 Å². The first-order chi connectivity index (χ1) is 12.1. The molecule has 1 heterocycles. The number of aromatic nitrogens is 1. The summed E-state index contributed by atoms with van der Waals surface area (Å²) in [6.07, 6.45) is 7.77. The summed E-state index contributed by atoms with van der Waals surface area (Å²) in [6, 6.07) is 4.17. The molecule has 0 aromatic carbocycles. The first kappa shape index (κ1) is 19.3. The number of nitrogens with one attached hydrogen (secondary N) is 2. The Morgan fingerprint density at radius 1 is 1.32 bits per heavy atom. The van der Waals surface area contributed by atoms with Crippen LogP contribution in [0.3, 0.4) is 0 Å². The lowest BCUT2D eigenvalue weighted by Gasteiger charge is -2.23. The van der Waals surface area contributed by atoms with Crippen LogP contribution in [-0.4, -0.2) is 48.0 Å². The SMILES string of the molecule is CCNC(=NCCNC(=O)C1CCCCC1)N(C)Cc1cccn1C. The van der Waals surface area contributed by atoms with Gasteiger partial charge in [0, 0.05) is 45.0 Å². The zero-order valence-corrected chi connectivity index (χ0v) is 15.9. The van der Waals surface area contributed by atoms with Gasteiger partial charge in [0.1, 0.15) is 0 Å². The summed E-state index contributed by atoms with van der Waals surface area (Å²) >= 11 is 0. The van der Waals surface area contributed by atoms with Crippen LogP contribution in [0.5, 0.6) is 0 Å².